The molecule has 4 aromatic rings. The van der Waals surface area contributed by atoms with Crippen molar-refractivity contribution in [1.29, 1.82) is 0 Å². The average Bonchev–Trinajstić information content (AvgIpc) is 3.47. The summed E-state index contributed by atoms with van der Waals surface area (Å²) in [5.41, 5.74) is 2.63. The van der Waals surface area contributed by atoms with Crippen LogP contribution in [-0.2, 0) is 4.79 Å². The van der Waals surface area contributed by atoms with Crippen molar-refractivity contribution in [3.8, 4) is 22.6 Å². The van der Waals surface area contributed by atoms with Crippen LogP contribution in [0.15, 0.2) is 77.3 Å². The molecule has 0 aliphatic rings. The lowest BCUT2D eigenvalue weighted by molar-refractivity contribution is -0.115. The van der Waals surface area contributed by atoms with E-state index < -0.39 is 5.91 Å². The SMILES string of the molecule is CC(C)n1nc(-c2ccccc2)cc1NC(=O)CNC(=O)c1cc(-c2ccccc2)on1. The van der Waals surface area contributed by atoms with Crippen molar-refractivity contribution < 1.29 is 14.1 Å². The number of hydrogen-bond donors (Lipinski definition) is 2. The van der Waals surface area contributed by atoms with Crippen LogP contribution in [0.5, 0.6) is 0 Å². The normalized spacial score (nSPS) is 10.8. The smallest absolute Gasteiger partial charge is 0.273 e. The molecule has 4 rings (SSSR count). The highest BCUT2D eigenvalue weighted by Crippen LogP contribution is 2.24. The van der Waals surface area contributed by atoms with E-state index in [0.29, 0.717) is 11.6 Å². The van der Waals surface area contributed by atoms with Crippen LogP contribution in [0.3, 0.4) is 0 Å². The van der Waals surface area contributed by atoms with Gasteiger partial charge in [0.1, 0.15) is 5.82 Å². The number of nitrogens with zero attached hydrogens (tertiary/aromatic N) is 3. The molecule has 2 aromatic carbocycles. The third-order valence-corrected chi connectivity index (χ3v) is 4.77. The maximum absolute atomic E-state index is 12.5. The lowest BCUT2D eigenvalue weighted by Crippen LogP contribution is -2.33. The van der Waals surface area contributed by atoms with Crippen LogP contribution >= 0.6 is 0 Å². The van der Waals surface area contributed by atoms with E-state index in [0.717, 1.165) is 16.8 Å². The fourth-order valence-electron chi connectivity index (χ4n) is 3.19. The molecule has 2 N–H and O–H groups in total. The van der Waals surface area contributed by atoms with Gasteiger partial charge in [-0.1, -0.05) is 65.8 Å². The molecule has 8 nitrogen and oxygen atoms in total. The van der Waals surface area contributed by atoms with Gasteiger partial charge in [0.25, 0.3) is 5.91 Å². The Bertz CT molecular complexity index is 1210. The highest BCUT2D eigenvalue weighted by atomic mass is 16.5. The fourth-order valence-corrected chi connectivity index (χ4v) is 3.19. The van der Waals surface area contributed by atoms with Crippen molar-refractivity contribution >= 4 is 17.6 Å². The molecule has 0 bridgehead atoms. The molecule has 0 saturated heterocycles. The van der Waals surface area contributed by atoms with Crippen molar-refractivity contribution in [2.75, 3.05) is 11.9 Å². The Balaban J connectivity index is 1.39. The van der Waals surface area contributed by atoms with E-state index in [4.69, 9.17) is 4.52 Å². The number of rotatable bonds is 7. The van der Waals surface area contributed by atoms with Gasteiger partial charge in [0.15, 0.2) is 11.5 Å². The van der Waals surface area contributed by atoms with E-state index in [-0.39, 0.29) is 24.2 Å². The van der Waals surface area contributed by atoms with Crippen molar-refractivity contribution in [2.45, 2.75) is 19.9 Å². The zero-order chi connectivity index (χ0) is 22.5. The number of carbonyl (C=O) groups is 2. The second-order valence-electron chi connectivity index (χ2n) is 7.49. The molecule has 2 aromatic heterocycles. The van der Waals surface area contributed by atoms with Gasteiger partial charge in [-0.25, -0.2) is 4.68 Å². The highest BCUT2D eigenvalue weighted by Gasteiger charge is 2.17. The van der Waals surface area contributed by atoms with Crippen molar-refractivity contribution in [3.05, 3.63) is 78.5 Å². The summed E-state index contributed by atoms with van der Waals surface area (Å²) in [7, 11) is 0. The van der Waals surface area contributed by atoms with E-state index >= 15 is 0 Å². The molecule has 0 spiro atoms. The van der Waals surface area contributed by atoms with E-state index in [1.807, 2.05) is 80.6 Å². The molecular weight excluding hydrogens is 406 g/mol. The average molecular weight is 429 g/mol. The molecule has 8 heteroatoms. The summed E-state index contributed by atoms with van der Waals surface area (Å²) < 4.78 is 6.98. The Kier molecular flexibility index (Phi) is 6.12. The minimum atomic E-state index is -0.492. The molecule has 0 aliphatic heterocycles. The monoisotopic (exact) mass is 429 g/mol. The second kappa shape index (κ2) is 9.30. The summed E-state index contributed by atoms with van der Waals surface area (Å²) >= 11 is 0. The quantitative estimate of drug-likeness (QED) is 0.459. The molecule has 2 heterocycles. The first-order chi connectivity index (χ1) is 15.5. The Morgan fingerprint density at radius 2 is 1.62 bits per heavy atom. The summed E-state index contributed by atoms with van der Waals surface area (Å²) in [4.78, 5) is 24.9. The molecule has 0 atom stereocenters. The lowest BCUT2D eigenvalue weighted by atomic mass is 10.1. The van der Waals surface area contributed by atoms with Crippen LogP contribution in [0.4, 0.5) is 5.82 Å². The summed E-state index contributed by atoms with van der Waals surface area (Å²) in [6.07, 6.45) is 0. The molecular formula is C24H23N5O3. The second-order valence-corrected chi connectivity index (χ2v) is 7.49. The molecule has 0 fully saturated rings. The van der Waals surface area contributed by atoms with Crippen LogP contribution in [0, 0.1) is 0 Å². The highest BCUT2D eigenvalue weighted by molar-refractivity contribution is 5.98. The van der Waals surface area contributed by atoms with Crippen LogP contribution in [0.1, 0.15) is 30.4 Å². The Labute approximate surface area is 185 Å². The molecule has 162 valence electrons. The number of carbonyl (C=O) groups excluding carboxylic acids is 2. The minimum Gasteiger partial charge on any atom is -0.355 e. The van der Waals surface area contributed by atoms with Gasteiger partial charge in [-0.15, -0.1) is 0 Å². The zero-order valence-corrected chi connectivity index (χ0v) is 17.8. The number of hydrogen-bond acceptors (Lipinski definition) is 5. The topological polar surface area (TPSA) is 102 Å². The Morgan fingerprint density at radius 1 is 0.969 bits per heavy atom. The third kappa shape index (κ3) is 4.75. The number of nitrogens with one attached hydrogen (secondary N) is 2. The van der Waals surface area contributed by atoms with E-state index in [9.17, 15) is 9.59 Å². The summed E-state index contributed by atoms with van der Waals surface area (Å²) in [5.74, 6) is 0.181. The maximum atomic E-state index is 12.5. The number of anilines is 1. The lowest BCUT2D eigenvalue weighted by Gasteiger charge is -2.11. The van der Waals surface area contributed by atoms with Gasteiger partial charge in [-0.2, -0.15) is 5.10 Å². The van der Waals surface area contributed by atoms with Gasteiger partial charge in [0.2, 0.25) is 5.91 Å². The third-order valence-electron chi connectivity index (χ3n) is 4.77. The molecule has 0 saturated carbocycles. The van der Waals surface area contributed by atoms with Gasteiger partial charge in [-0.05, 0) is 13.8 Å². The first kappa shape index (κ1) is 21.0. The fraction of sp³-hybridized carbons (Fsp3) is 0.167. The van der Waals surface area contributed by atoms with Gasteiger partial charge < -0.3 is 15.2 Å². The van der Waals surface area contributed by atoms with Crippen LogP contribution in [0.2, 0.25) is 0 Å². The summed E-state index contributed by atoms with van der Waals surface area (Å²) in [6, 6.07) is 22.5. The predicted molar refractivity (Wildman–Crippen MR) is 121 cm³/mol. The van der Waals surface area contributed by atoms with Crippen molar-refractivity contribution in [3.63, 3.8) is 0 Å². The van der Waals surface area contributed by atoms with Crippen LogP contribution in [-0.4, -0.2) is 33.3 Å². The van der Waals surface area contributed by atoms with Crippen LogP contribution in [0.25, 0.3) is 22.6 Å². The standard InChI is InChI=1S/C24H23N5O3/c1-16(2)29-22(14-19(27-29)17-9-5-3-6-10-17)26-23(30)15-25-24(31)20-13-21(32-28-20)18-11-7-4-8-12-18/h3-14,16H,15H2,1-2H3,(H,25,31)(H,26,30). The van der Waals surface area contributed by atoms with Gasteiger partial charge in [0.05, 0.1) is 12.2 Å². The molecule has 0 unspecified atom stereocenters. The molecule has 0 aliphatic carbocycles. The number of benzene rings is 2. The van der Waals surface area contributed by atoms with Crippen LogP contribution < -0.4 is 10.6 Å². The minimum absolute atomic E-state index is 0.0453. The zero-order valence-electron chi connectivity index (χ0n) is 17.8. The Hall–Kier alpha value is -4.20. The largest absolute Gasteiger partial charge is 0.355 e. The molecule has 0 radical (unpaired) electrons. The Morgan fingerprint density at radius 3 is 2.28 bits per heavy atom. The maximum Gasteiger partial charge on any atom is 0.273 e. The van der Waals surface area contributed by atoms with Gasteiger partial charge in [-0.3, -0.25) is 9.59 Å². The molecule has 2 amide bonds. The van der Waals surface area contributed by atoms with Gasteiger partial charge >= 0.3 is 0 Å². The number of amides is 2. The van der Waals surface area contributed by atoms with E-state index in [1.54, 1.807) is 10.7 Å². The summed E-state index contributed by atoms with van der Waals surface area (Å²) in [5, 5.41) is 13.8. The van der Waals surface area contributed by atoms with E-state index in [1.165, 1.54) is 0 Å². The first-order valence-corrected chi connectivity index (χ1v) is 10.3. The number of aromatic nitrogens is 3. The first-order valence-electron chi connectivity index (χ1n) is 10.3. The van der Waals surface area contributed by atoms with Gasteiger partial charge in [0, 0.05) is 29.3 Å². The van der Waals surface area contributed by atoms with Crippen molar-refractivity contribution in [1.82, 2.24) is 20.3 Å². The summed E-state index contributed by atoms with van der Waals surface area (Å²) in [6.45, 7) is 3.75. The molecule has 32 heavy (non-hydrogen) atoms. The predicted octanol–water partition coefficient (Wildman–Crippen LogP) is 4.15. The van der Waals surface area contributed by atoms with E-state index in [2.05, 4.69) is 20.9 Å². The van der Waals surface area contributed by atoms with Crippen molar-refractivity contribution in [2.24, 2.45) is 0 Å².